The van der Waals surface area contributed by atoms with Crippen LogP contribution in [0.3, 0.4) is 0 Å². The summed E-state index contributed by atoms with van der Waals surface area (Å²) in [6, 6.07) is 12.2. The highest BCUT2D eigenvalue weighted by molar-refractivity contribution is 6.39. The fourth-order valence-electron chi connectivity index (χ4n) is 3.84. The summed E-state index contributed by atoms with van der Waals surface area (Å²) in [4.78, 5) is 29.1. The molecular weight excluding hydrogens is 364 g/mol. The molecule has 1 aliphatic heterocycles. The number of aryl methyl sites for hydroxylation is 2. The van der Waals surface area contributed by atoms with Crippen LogP contribution in [0.4, 0.5) is 11.4 Å². The molecule has 0 spiro atoms. The van der Waals surface area contributed by atoms with Crippen molar-refractivity contribution in [3.8, 4) is 0 Å². The molecule has 1 atom stereocenters. The highest BCUT2D eigenvalue weighted by Gasteiger charge is 2.22. The molecule has 3 rings (SSSR count). The summed E-state index contributed by atoms with van der Waals surface area (Å²) in [7, 11) is 6.06. The van der Waals surface area contributed by atoms with Gasteiger partial charge in [-0.25, -0.2) is 0 Å². The number of para-hydroxylation sites is 1. The lowest BCUT2D eigenvalue weighted by Crippen LogP contribution is -2.40. The van der Waals surface area contributed by atoms with E-state index in [2.05, 4.69) is 45.7 Å². The number of amides is 2. The molecule has 0 unspecified atom stereocenters. The van der Waals surface area contributed by atoms with Crippen LogP contribution in [0.2, 0.25) is 0 Å². The van der Waals surface area contributed by atoms with E-state index >= 15 is 0 Å². The van der Waals surface area contributed by atoms with Gasteiger partial charge in [0, 0.05) is 31.5 Å². The number of hydrogen-bond acceptors (Lipinski definition) is 4. The zero-order valence-electron chi connectivity index (χ0n) is 17.9. The molecule has 0 fully saturated rings. The molecule has 0 saturated heterocycles. The summed E-state index contributed by atoms with van der Waals surface area (Å²) in [6.45, 7) is 5.21. The second-order valence-electron chi connectivity index (χ2n) is 7.97. The molecule has 2 aromatic rings. The van der Waals surface area contributed by atoms with E-state index < -0.39 is 11.8 Å². The SMILES string of the molecule is Cc1cccc(C)c1NC(=O)C(=O)NC[C@H](c1ccc2c(c1)CCN2C)N(C)C. The maximum atomic E-state index is 12.4. The fourth-order valence-corrected chi connectivity index (χ4v) is 3.84. The summed E-state index contributed by atoms with van der Waals surface area (Å²) >= 11 is 0. The molecule has 1 heterocycles. The summed E-state index contributed by atoms with van der Waals surface area (Å²) in [5, 5.41) is 5.53. The Morgan fingerprint density at radius 1 is 1.10 bits per heavy atom. The lowest BCUT2D eigenvalue weighted by atomic mass is 10.0. The van der Waals surface area contributed by atoms with Crippen molar-refractivity contribution in [2.24, 2.45) is 0 Å². The molecule has 6 heteroatoms. The molecule has 0 aromatic heterocycles. The zero-order chi connectivity index (χ0) is 21.1. The third-order valence-corrected chi connectivity index (χ3v) is 5.62. The van der Waals surface area contributed by atoms with E-state index in [9.17, 15) is 9.59 Å². The first-order valence-corrected chi connectivity index (χ1v) is 9.93. The Bertz CT molecular complexity index is 903. The van der Waals surface area contributed by atoms with Crippen LogP contribution >= 0.6 is 0 Å². The minimum absolute atomic E-state index is 0.0110. The van der Waals surface area contributed by atoms with Gasteiger partial charge in [0.05, 0.1) is 6.04 Å². The standard InChI is InChI=1S/C23H30N4O2/c1-15-7-6-8-16(2)21(15)25-23(29)22(28)24-14-20(26(3)4)17-9-10-19-18(13-17)11-12-27(19)5/h6-10,13,20H,11-12,14H2,1-5H3,(H,24,28)(H,25,29)/t20-/m1/s1. The smallest absolute Gasteiger partial charge is 0.313 e. The number of benzene rings is 2. The number of likely N-dealkylation sites (N-methyl/N-ethyl adjacent to an activating group) is 2. The molecule has 0 aliphatic carbocycles. The number of anilines is 2. The lowest BCUT2D eigenvalue weighted by molar-refractivity contribution is -0.136. The van der Waals surface area contributed by atoms with Gasteiger partial charge in [0.2, 0.25) is 0 Å². The Morgan fingerprint density at radius 3 is 2.45 bits per heavy atom. The number of carbonyl (C=O) groups excluding carboxylic acids is 2. The summed E-state index contributed by atoms with van der Waals surface area (Å²) in [5.41, 5.74) is 6.29. The predicted octanol–water partition coefficient (Wildman–Crippen LogP) is 2.65. The normalized spacial score (nSPS) is 13.9. The number of hydrogen-bond donors (Lipinski definition) is 2. The van der Waals surface area contributed by atoms with Gasteiger partial charge in [-0.15, -0.1) is 0 Å². The second kappa shape index (κ2) is 8.66. The molecule has 29 heavy (non-hydrogen) atoms. The highest BCUT2D eigenvalue weighted by atomic mass is 16.2. The van der Waals surface area contributed by atoms with Gasteiger partial charge >= 0.3 is 11.8 Å². The molecule has 6 nitrogen and oxygen atoms in total. The minimum atomic E-state index is -0.643. The maximum absolute atomic E-state index is 12.4. The molecule has 1 aliphatic rings. The van der Waals surface area contributed by atoms with Crippen molar-refractivity contribution in [2.45, 2.75) is 26.3 Å². The number of carbonyl (C=O) groups is 2. The van der Waals surface area contributed by atoms with Crippen LogP contribution in [0.25, 0.3) is 0 Å². The number of fused-ring (bicyclic) bond motifs is 1. The second-order valence-corrected chi connectivity index (χ2v) is 7.97. The van der Waals surface area contributed by atoms with Crippen molar-refractivity contribution in [3.63, 3.8) is 0 Å². The predicted molar refractivity (Wildman–Crippen MR) is 117 cm³/mol. The van der Waals surface area contributed by atoms with Gasteiger partial charge in [-0.2, -0.15) is 0 Å². The van der Waals surface area contributed by atoms with E-state index in [0.29, 0.717) is 12.2 Å². The van der Waals surface area contributed by atoms with Gasteiger partial charge in [0.1, 0.15) is 0 Å². The fraction of sp³-hybridized carbons (Fsp3) is 0.391. The van der Waals surface area contributed by atoms with Crippen molar-refractivity contribution in [3.05, 3.63) is 58.7 Å². The Kier molecular flexibility index (Phi) is 6.23. The largest absolute Gasteiger partial charge is 0.374 e. The number of nitrogens with one attached hydrogen (secondary N) is 2. The van der Waals surface area contributed by atoms with Crippen molar-refractivity contribution in [1.82, 2.24) is 10.2 Å². The first kappa shape index (κ1) is 20.9. The van der Waals surface area contributed by atoms with Gasteiger partial charge in [-0.05, 0) is 62.7 Å². The van der Waals surface area contributed by atoms with Crippen LogP contribution in [0.1, 0.15) is 28.3 Å². The van der Waals surface area contributed by atoms with E-state index in [1.807, 2.05) is 46.1 Å². The first-order valence-electron chi connectivity index (χ1n) is 9.93. The van der Waals surface area contributed by atoms with Gasteiger partial charge in [0.15, 0.2) is 0 Å². The molecule has 2 amide bonds. The summed E-state index contributed by atoms with van der Waals surface area (Å²) in [6.07, 6.45) is 1.03. The summed E-state index contributed by atoms with van der Waals surface area (Å²) < 4.78 is 0. The van der Waals surface area contributed by atoms with Gasteiger partial charge in [-0.1, -0.05) is 30.3 Å². The highest BCUT2D eigenvalue weighted by Crippen LogP contribution is 2.30. The third kappa shape index (κ3) is 4.59. The minimum Gasteiger partial charge on any atom is -0.374 e. The van der Waals surface area contributed by atoms with Crippen LogP contribution in [-0.2, 0) is 16.0 Å². The Morgan fingerprint density at radius 2 is 1.79 bits per heavy atom. The Balaban J connectivity index is 1.66. The van der Waals surface area contributed by atoms with Crippen LogP contribution < -0.4 is 15.5 Å². The van der Waals surface area contributed by atoms with Gasteiger partial charge in [-0.3, -0.25) is 9.59 Å². The Labute approximate surface area is 172 Å². The van der Waals surface area contributed by atoms with E-state index in [0.717, 1.165) is 29.7 Å². The molecule has 154 valence electrons. The lowest BCUT2D eigenvalue weighted by Gasteiger charge is -2.26. The Hall–Kier alpha value is -2.86. The van der Waals surface area contributed by atoms with E-state index in [4.69, 9.17) is 0 Å². The van der Waals surface area contributed by atoms with Crippen molar-refractivity contribution < 1.29 is 9.59 Å². The average molecular weight is 395 g/mol. The van der Waals surface area contributed by atoms with E-state index in [1.54, 1.807) is 0 Å². The van der Waals surface area contributed by atoms with Crippen molar-refractivity contribution >= 4 is 23.2 Å². The molecule has 0 bridgehead atoms. The van der Waals surface area contributed by atoms with E-state index in [-0.39, 0.29) is 6.04 Å². The monoisotopic (exact) mass is 394 g/mol. The first-order chi connectivity index (χ1) is 13.8. The molecule has 0 saturated carbocycles. The van der Waals surface area contributed by atoms with Gasteiger partial charge in [0.25, 0.3) is 0 Å². The van der Waals surface area contributed by atoms with Crippen LogP contribution in [-0.4, -0.2) is 50.9 Å². The topological polar surface area (TPSA) is 64.7 Å². The zero-order valence-corrected chi connectivity index (χ0v) is 17.9. The molecule has 2 aromatic carbocycles. The van der Waals surface area contributed by atoms with E-state index in [1.165, 1.54) is 11.3 Å². The number of rotatable bonds is 5. The van der Waals surface area contributed by atoms with Crippen LogP contribution in [0.15, 0.2) is 36.4 Å². The van der Waals surface area contributed by atoms with Crippen molar-refractivity contribution in [2.75, 3.05) is 44.4 Å². The van der Waals surface area contributed by atoms with Crippen molar-refractivity contribution in [1.29, 1.82) is 0 Å². The van der Waals surface area contributed by atoms with Crippen LogP contribution in [0.5, 0.6) is 0 Å². The van der Waals surface area contributed by atoms with Gasteiger partial charge < -0.3 is 20.4 Å². The molecular formula is C23H30N4O2. The maximum Gasteiger partial charge on any atom is 0.313 e. The molecule has 0 radical (unpaired) electrons. The average Bonchev–Trinajstić information content (AvgIpc) is 3.05. The third-order valence-electron chi connectivity index (χ3n) is 5.62. The quantitative estimate of drug-likeness (QED) is 0.766. The van der Waals surface area contributed by atoms with Crippen LogP contribution in [0, 0.1) is 13.8 Å². The number of nitrogens with zero attached hydrogens (tertiary/aromatic N) is 2. The molecule has 2 N–H and O–H groups in total. The summed E-state index contributed by atoms with van der Waals surface area (Å²) in [5.74, 6) is -1.27.